The molecule has 3 N–H and O–H groups in total. The monoisotopic (exact) mass is 216 g/mol. The summed E-state index contributed by atoms with van der Waals surface area (Å²) >= 11 is 0.938. The second kappa shape index (κ2) is 3.84. The number of rotatable bonds is 2. The maximum absolute atomic E-state index is 13.4. The van der Waals surface area contributed by atoms with Gasteiger partial charge in [-0.05, 0) is 30.5 Å². The van der Waals surface area contributed by atoms with Gasteiger partial charge in [0, 0.05) is 23.7 Å². The zero-order valence-electron chi connectivity index (χ0n) is 7.39. The van der Waals surface area contributed by atoms with Gasteiger partial charge in [-0.3, -0.25) is 5.14 Å². The van der Waals surface area contributed by atoms with Crippen LogP contribution in [0.2, 0.25) is 0 Å². The quantitative estimate of drug-likeness (QED) is 0.743. The predicted octanol–water partition coefficient (Wildman–Crippen LogP) is 2.06. The van der Waals surface area contributed by atoms with Crippen LogP contribution >= 0.6 is 12.1 Å². The summed E-state index contributed by atoms with van der Waals surface area (Å²) in [6.45, 7) is 0. The molecule has 1 aliphatic rings. The molecule has 0 spiro atoms. The Balaban J connectivity index is 2.42. The summed E-state index contributed by atoms with van der Waals surface area (Å²) in [6.07, 6.45) is 1.26. The minimum absolute atomic E-state index is 0.171. The number of hydrogen-bond acceptors (Lipinski definition) is 3. The van der Waals surface area contributed by atoms with Crippen LogP contribution in [-0.2, 0) is 6.42 Å². The average Bonchev–Trinajstić information content (AvgIpc) is 2.58. The summed E-state index contributed by atoms with van der Waals surface area (Å²) in [6, 6.07) is 2.16. The Kier molecular flexibility index (Phi) is 2.71. The lowest BCUT2D eigenvalue weighted by atomic mass is 10.1. The van der Waals surface area contributed by atoms with Crippen LogP contribution in [0.1, 0.15) is 23.6 Å². The van der Waals surface area contributed by atoms with Gasteiger partial charge in [0.25, 0.3) is 0 Å². The molecule has 0 aliphatic heterocycles. The van der Waals surface area contributed by atoms with E-state index in [2.05, 4.69) is 4.72 Å². The first-order chi connectivity index (χ1) is 6.74. The van der Waals surface area contributed by atoms with E-state index in [0.29, 0.717) is 24.0 Å². The van der Waals surface area contributed by atoms with Crippen molar-refractivity contribution in [3.8, 4) is 0 Å². The lowest BCUT2D eigenvalue weighted by Crippen LogP contribution is -2.14. The van der Waals surface area contributed by atoms with Crippen molar-refractivity contribution in [3.05, 3.63) is 34.9 Å². The molecule has 2 rings (SSSR count). The molecule has 0 bridgehead atoms. The van der Waals surface area contributed by atoms with Crippen LogP contribution in [0.4, 0.5) is 8.78 Å². The van der Waals surface area contributed by atoms with Crippen LogP contribution in [0.3, 0.4) is 0 Å². The lowest BCUT2D eigenvalue weighted by Gasteiger charge is -2.11. The van der Waals surface area contributed by atoms with E-state index in [-0.39, 0.29) is 17.7 Å². The van der Waals surface area contributed by atoms with Gasteiger partial charge in [0.15, 0.2) is 0 Å². The molecular weight excluding hydrogens is 206 g/mol. The Morgan fingerprint density at radius 2 is 2.07 bits per heavy atom. The molecule has 0 aromatic heterocycles. The molecule has 0 saturated carbocycles. The van der Waals surface area contributed by atoms with Crippen LogP contribution in [0.15, 0.2) is 12.1 Å². The fourth-order valence-corrected chi connectivity index (χ4v) is 2.27. The Labute approximate surface area is 85.1 Å². The van der Waals surface area contributed by atoms with E-state index in [0.717, 1.165) is 18.2 Å². The first-order valence-corrected chi connectivity index (χ1v) is 5.20. The molecule has 0 radical (unpaired) electrons. The van der Waals surface area contributed by atoms with Gasteiger partial charge in [-0.2, -0.15) is 0 Å². The maximum atomic E-state index is 13.4. The minimum Gasteiger partial charge on any atom is -0.264 e. The van der Waals surface area contributed by atoms with Gasteiger partial charge in [0.05, 0.1) is 0 Å². The molecule has 0 unspecified atom stereocenters. The van der Waals surface area contributed by atoms with Crippen molar-refractivity contribution in [2.45, 2.75) is 18.9 Å². The van der Waals surface area contributed by atoms with Crippen LogP contribution in [0.5, 0.6) is 0 Å². The van der Waals surface area contributed by atoms with E-state index < -0.39 is 0 Å². The van der Waals surface area contributed by atoms with E-state index in [1.165, 1.54) is 6.07 Å². The van der Waals surface area contributed by atoms with E-state index >= 15 is 0 Å². The average molecular weight is 216 g/mol. The van der Waals surface area contributed by atoms with E-state index in [9.17, 15) is 8.78 Å². The molecule has 0 amide bonds. The molecule has 0 fully saturated rings. The van der Waals surface area contributed by atoms with Gasteiger partial charge in [-0.1, -0.05) is 0 Å². The number of hydrogen-bond donors (Lipinski definition) is 2. The Bertz CT molecular complexity index is 357. The highest BCUT2D eigenvalue weighted by atomic mass is 32.2. The normalized spacial score (nSPS) is 19.8. The SMILES string of the molecule is NSN[C@H]1CCc2c(F)ccc(F)c21. The van der Waals surface area contributed by atoms with E-state index in [1.54, 1.807) is 0 Å². The molecule has 0 heterocycles. The van der Waals surface area contributed by atoms with Crippen molar-refractivity contribution in [1.82, 2.24) is 4.72 Å². The molecule has 5 heteroatoms. The Morgan fingerprint density at radius 1 is 1.36 bits per heavy atom. The van der Waals surface area contributed by atoms with Crippen LogP contribution in [0, 0.1) is 11.6 Å². The summed E-state index contributed by atoms with van der Waals surface area (Å²) in [5.41, 5.74) is 0.916. The lowest BCUT2D eigenvalue weighted by molar-refractivity contribution is 0.567. The van der Waals surface area contributed by atoms with Crippen molar-refractivity contribution in [2.24, 2.45) is 5.14 Å². The molecule has 1 aromatic rings. The topological polar surface area (TPSA) is 38.0 Å². The number of fused-ring (bicyclic) bond motifs is 1. The largest absolute Gasteiger partial charge is 0.264 e. The second-order valence-electron chi connectivity index (χ2n) is 3.25. The first-order valence-electron chi connectivity index (χ1n) is 4.32. The van der Waals surface area contributed by atoms with Crippen molar-refractivity contribution < 1.29 is 8.78 Å². The van der Waals surface area contributed by atoms with Gasteiger partial charge in [0.2, 0.25) is 0 Å². The third kappa shape index (κ3) is 1.51. The van der Waals surface area contributed by atoms with Crippen LogP contribution in [-0.4, -0.2) is 0 Å². The molecule has 1 aliphatic carbocycles. The summed E-state index contributed by atoms with van der Waals surface area (Å²) in [4.78, 5) is 0. The number of halogens is 2. The van der Waals surface area contributed by atoms with Crippen molar-refractivity contribution >= 4 is 12.1 Å². The number of benzene rings is 1. The fourth-order valence-electron chi connectivity index (χ4n) is 1.87. The van der Waals surface area contributed by atoms with Gasteiger partial charge < -0.3 is 0 Å². The fraction of sp³-hybridized carbons (Fsp3) is 0.333. The van der Waals surface area contributed by atoms with Gasteiger partial charge >= 0.3 is 0 Å². The zero-order chi connectivity index (χ0) is 10.1. The molecule has 0 saturated heterocycles. The van der Waals surface area contributed by atoms with Gasteiger partial charge in [-0.25, -0.2) is 13.5 Å². The van der Waals surface area contributed by atoms with E-state index in [1.807, 2.05) is 0 Å². The highest BCUT2D eigenvalue weighted by molar-refractivity contribution is 7.95. The van der Waals surface area contributed by atoms with Crippen LogP contribution < -0.4 is 9.86 Å². The standard InChI is InChI=1S/C9H10F2N2S/c10-6-2-3-7(11)9-5(6)1-4-8(9)13-14-12/h2-3,8,13H,1,4,12H2/t8-/m0/s1. The predicted molar refractivity (Wildman–Crippen MR) is 52.3 cm³/mol. The molecule has 76 valence electrons. The molecule has 14 heavy (non-hydrogen) atoms. The molecule has 1 atom stereocenters. The second-order valence-corrected chi connectivity index (χ2v) is 3.72. The highest BCUT2D eigenvalue weighted by Gasteiger charge is 2.27. The van der Waals surface area contributed by atoms with Crippen molar-refractivity contribution in [3.63, 3.8) is 0 Å². The number of nitrogens with two attached hydrogens (primary N) is 1. The summed E-state index contributed by atoms with van der Waals surface area (Å²) < 4.78 is 29.5. The summed E-state index contributed by atoms with van der Waals surface area (Å²) in [5.74, 6) is -0.682. The van der Waals surface area contributed by atoms with E-state index in [4.69, 9.17) is 5.14 Å². The highest BCUT2D eigenvalue weighted by Crippen LogP contribution is 2.35. The number of nitrogens with one attached hydrogen (secondary N) is 1. The zero-order valence-corrected chi connectivity index (χ0v) is 8.20. The maximum Gasteiger partial charge on any atom is 0.128 e. The van der Waals surface area contributed by atoms with Gasteiger partial charge in [-0.15, -0.1) is 0 Å². The Morgan fingerprint density at radius 3 is 2.79 bits per heavy atom. The minimum atomic E-state index is -0.356. The van der Waals surface area contributed by atoms with Gasteiger partial charge in [0.1, 0.15) is 11.6 Å². The smallest absolute Gasteiger partial charge is 0.128 e. The summed E-state index contributed by atoms with van der Waals surface area (Å²) in [7, 11) is 0. The molecule has 1 aromatic carbocycles. The first kappa shape index (κ1) is 9.89. The Hall–Kier alpha value is -0.650. The van der Waals surface area contributed by atoms with Crippen molar-refractivity contribution in [1.29, 1.82) is 0 Å². The third-order valence-corrected chi connectivity index (χ3v) is 2.91. The molecular formula is C9H10F2N2S. The molecule has 2 nitrogen and oxygen atoms in total. The third-order valence-electron chi connectivity index (χ3n) is 2.49. The summed E-state index contributed by atoms with van der Waals surface area (Å²) in [5, 5.41) is 5.24. The van der Waals surface area contributed by atoms with Crippen molar-refractivity contribution in [2.75, 3.05) is 0 Å². The van der Waals surface area contributed by atoms with Crippen LogP contribution in [0.25, 0.3) is 0 Å².